The number of nitrogens with zero attached hydrogens (tertiary/aromatic N) is 1. The molecule has 3 aromatic rings. The molecule has 0 aliphatic heterocycles. The van der Waals surface area contributed by atoms with E-state index in [-0.39, 0.29) is 17.3 Å². The maximum Gasteiger partial charge on any atom is 0.177 e. The summed E-state index contributed by atoms with van der Waals surface area (Å²) >= 11 is 0. The van der Waals surface area contributed by atoms with Gasteiger partial charge in [0.25, 0.3) is 0 Å². The van der Waals surface area contributed by atoms with Gasteiger partial charge in [-0.1, -0.05) is 24.3 Å². The van der Waals surface area contributed by atoms with Gasteiger partial charge >= 0.3 is 0 Å². The summed E-state index contributed by atoms with van der Waals surface area (Å²) in [6.07, 6.45) is 1.14. The zero-order valence-electron chi connectivity index (χ0n) is 12.5. The Hall–Kier alpha value is -2.31. The predicted octanol–water partition coefficient (Wildman–Crippen LogP) is 2.90. The summed E-state index contributed by atoms with van der Waals surface area (Å²) in [5.74, 6) is -0.385. The molecule has 0 fully saturated rings. The standard InChI is InChI=1S/C17H15FN2O2S/c1-23(21,22)15-7-3-5-11-8-13(10-19)16(20-17(11)15)12-4-2-6-14(18)9-12/h2-9H,10,19H2,1H3. The van der Waals surface area contributed by atoms with Gasteiger partial charge in [0.15, 0.2) is 9.84 Å². The van der Waals surface area contributed by atoms with Crippen LogP contribution in [0.5, 0.6) is 0 Å². The molecule has 1 aromatic heterocycles. The molecular weight excluding hydrogens is 315 g/mol. The number of rotatable bonds is 3. The first-order valence-electron chi connectivity index (χ1n) is 6.99. The molecule has 3 rings (SSSR count). The fraction of sp³-hybridized carbons (Fsp3) is 0.118. The van der Waals surface area contributed by atoms with Gasteiger partial charge in [-0.05, 0) is 29.8 Å². The molecular formula is C17H15FN2O2S. The minimum Gasteiger partial charge on any atom is -0.326 e. The highest BCUT2D eigenvalue weighted by Crippen LogP contribution is 2.29. The highest BCUT2D eigenvalue weighted by Gasteiger charge is 2.16. The molecule has 118 valence electrons. The minimum absolute atomic E-state index is 0.149. The molecule has 0 saturated heterocycles. The van der Waals surface area contributed by atoms with E-state index in [1.54, 1.807) is 30.3 Å². The smallest absolute Gasteiger partial charge is 0.177 e. The lowest BCUT2D eigenvalue weighted by Crippen LogP contribution is -2.04. The molecule has 0 saturated carbocycles. The van der Waals surface area contributed by atoms with Gasteiger partial charge in [-0.2, -0.15) is 0 Å². The van der Waals surface area contributed by atoms with Crippen LogP contribution in [0, 0.1) is 5.82 Å². The van der Waals surface area contributed by atoms with Crippen molar-refractivity contribution in [1.82, 2.24) is 4.98 Å². The molecule has 4 nitrogen and oxygen atoms in total. The molecule has 2 N–H and O–H groups in total. The van der Waals surface area contributed by atoms with Gasteiger partial charge in [-0.3, -0.25) is 0 Å². The number of para-hydroxylation sites is 1. The van der Waals surface area contributed by atoms with Crippen molar-refractivity contribution in [1.29, 1.82) is 0 Å². The maximum atomic E-state index is 13.5. The number of nitrogens with two attached hydrogens (primary N) is 1. The maximum absolute atomic E-state index is 13.5. The molecule has 1 heterocycles. The average Bonchev–Trinajstić information content (AvgIpc) is 2.52. The first kappa shape index (κ1) is 15.6. The van der Waals surface area contributed by atoms with Crippen molar-refractivity contribution in [2.24, 2.45) is 5.73 Å². The van der Waals surface area contributed by atoms with Crippen molar-refractivity contribution in [3.63, 3.8) is 0 Å². The molecule has 0 bridgehead atoms. The molecule has 0 unspecified atom stereocenters. The SMILES string of the molecule is CS(=O)(=O)c1cccc2cc(CN)c(-c3cccc(F)c3)nc12. The van der Waals surface area contributed by atoms with Crippen molar-refractivity contribution < 1.29 is 12.8 Å². The second-order valence-corrected chi connectivity index (χ2v) is 7.29. The Kier molecular flexibility index (Phi) is 3.87. The second kappa shape index (κ2) is 5.72. The van der Waals surface area contributed by atoms with E-state index in [0.29, 0.717) is 22.2 Å². The summed E-state index contributed by atoms with van der Waals surface area (Å²) in [5.41, 5.74) is 7.95. The Morgan fingerprint density at radius 3 is 2.52 bits per heavy atom. The summed E-state index contributed by atoms with van der Waals surface area (Å²) in [6.45, 7) is 0.220. The third kappa shape index (κ3) is 2.95. The number of sulfone groups is 1. The summed E-state index contributed by atoms with van der Waals surface area (Å²) in [7, 11) is -3.42. The summed E-state index contributed by atoms with van der Waals surface area (Å²) in [6, 6.07) is 12.8. The van der Waals surface area contributed by atoms with E-state index in [0.717, 1.165) is 11.8 Å². The van der Waals surface area contributed by atoms with E-state index in [2.05, 4.69) is 4.98 Å². The van der Waals surface area contributed by atoms with E-state index in [1.807, 2.05) is 0 Å². The van der Waals surface area contributed by atoms with Crippen LogP contribution in [-0.4, -0.2) is 19.7 Å². The van der Waals surface area contributed by atoms with Gasteiger partial charge in [0, 0.05) is 23.8 Å². The third-order valence-corrected chi connectivity index (χ3v) is 4.73. The summed E-state index contributed by atoms with van der Waals surface area (Å²) in [4.78, 5) is 4.65. The van der Waals surface area contributed by atoms with Crippen molar-refractivity contribution >= 4 is 20.7 Å². The molecule has 0 aliphatic carbocycles. The molecule has 0 amide bonds. The zero-order chi connectivity index (χ0) is 16.6. The lowest BCUT2D eigenvalue weighted by atomic mass is 10.0. The fourth-order valence-corrected chi connectivity index (χ4v) is 3.40. The van der Waals surface area contributed by atoms with Crippen LogP contribution in [0.15, 0.2) is 53.4 Å². The number of hydrogen-bond acceptors (Lipinski definition) is 4. The van der Waals surface area contributed by atoms with E-state index < -0.39 is 9.84 Å². The number of fused-ring (bicyclic) bond motifs is 1. The van der Waals surface area contributed by atoms with E-state index in [1.165, 1.54) is 18.2 Å². The van der Waals surface area contributed by atoms with E-state index >= 15 is 0 Å². The van der Waals surface area contributed by atoms with Crippen LogP contribution in [-0.2, 0) is 16.4 Å². The summed E-state index contributed by atoms with van der Waals surface area (Å²) < 4.78 is 37.5. The fourth-order valence-electron chi connectivity index (χ4n) is 2.56. The minimum atomic E-state index is -3.42. The van der Waals surface area contributed by atoms with E-state index in [9.17, 15) is 12.8 Å². The Labute approximate surface area is 133 Å². The Morgan fingerprint density at radius 1 is 1.13 bits per heavy atom. The average molecular weight is 330 g/mol. The van der Waals surface area contributed by atoms with Crippen molar-refractivity contribution in [3.05, 3.63) is 59.9 Å². The van der Waals surface area contributed by atoms with Gasteiger partial charge in [0.1, 0.15) is 5.82 Å². The van der Waals surface area contributed by atoms with Crippen LogP contribution in [0.4, 0.5) is 4.39 Å². The Morgan fingerprint density at radius 2 is 1.87 bits per heavy atom. The van der Waals surface area contributed by atoms with Gasteiger partial charge in [-0.25, -0.2) is 17.8 Å². The zero-order valence-corrected chi connectivity index (χ0v) is 13.3. The number of pyridine rings is 1. The number of halogens is 1. The lowest BCUT2D eigenvalue weighted by Gasteiger charge is -2.11. The van der Waals surface area contributed by atoms with Crippen LogP contribution < -0.4 is 5.73 Å². The lowest BCUT2D eigenvalue weighted by molar-refractivity contribution is 0.602. The van der Waals surface area contributed by atoms with Gasteiger partial charge in [-0.15, -0.1) is 0 Å². The number of aromatic nitrogens is 1. The molecule has 0 atom stereocenters. The first-order chi connectivity index (χ1) is 10.9. The molecule has 0 radical (unpaired) electrons. The molecule has 23 heavy (non-hydrogen) atoms. The normalized spacial score (nSPS) is 11.8. The van der Waals surface area contributed by atoms with Gasteiger partial charge in [0.2, 0.25) is 0 Å². The van der Waals surface area contributed by atoms with Crippen molar-refractivity contribution in [3.8, 4) is 11.3 Å². The van der Waals surface area contributed by atoms with Crippen LogP contribution in [0.3, 0.4) is 0 Å². The van der Waals surface area contributed by atoms with Crippen LogP contribution in [0.2, 0.25) is 0 Å². The van der Waals surface area contributed by atoms with Crippen LogP contribution in [0.1, 0.15) is 5.56 Å². The molecule has 0 spiro atoms. The molecule has 0 aliphatic rings. The third-order valence-electron chi connectivity index (χ3n) is 3.61. The highest BCUT2D eigenvalue weighted by atomic mass is 32.2. The van der Waals surface area contributed by atoms with Gasteiger partial charge < -0.3 is 5.73 Å². The quantitative estimate of drug-likeness (QED) is 0.801. The molecule has 2 aromatic carbocycles. The number of hydrogen-bond donors (Lipinski definition) is 1. The summed E-state index contributed by atoms with van der Waals surface area (Å²) in [5, 5.41) is 0.688. The van der Waals surface area contributed by atoms with E-state index in [4.69, 9.17) is 5.73 Å². The highest BCUT2D eigenvalue weighted by molar-refractivity contribution is 7.91. The second-order valence-electron chi connectivity index (χ2n) is 5.31. The predicted molar refractivity (Wildman–Crippen MR) is 88.1 cm³/mol. The van der Waals surface area contributed by atoms with Crippen LogP contribution in [0.25, 0.3) is 22.2 Å². The molecule has 6 heteroatoms. The van der Waals surface area contributed by atoms with Crippen molar-refractivity contribution in [2.75, 3.05) is 6.26 Å². The largest absolute Gasteiger partial charge is 0.326 e. The monoisotopic (exact) mass is 330 g/mol. The first-order valence-corrected chi connectivity index (χ1v) is 8.88. The Balaban J connectivity index is 2.38. The number of benzene rings is 2. The van der Waals surface area contributed by atoms with Crippen molar-refractivity contribution in [2.45, 2.75) is 11.4 Å². The van der Waals surface area contributed by atoms with Gasteiger partial charge in [0.05, 0.1) is 16.1 Å². The van der Waals surface area contributed by atoms with Crippen LogP contribution >= 0.6 is 0 Å². The topological polar surface area (TPSA) is 73.0 Å². The Bertz CT molecular complexity index is 1000.